The van der Waals surface area contributed by atoms with Gasteiger partial charge in [-0.15, -0.1) is 0 Å². The van der Waals surface area contributed by atoms with E-state index >= 15 is 0 Å². The SMILES string of the molecule is Cc1cccc(C(=O)CN2CCC(CO)C2)c1. The van der Waals surface area contributed by atoms with Crippen molar-refractivity contribution in [2.75, 3.05) is 26.2 Å². The van der Waals surface area contributed by atoms with Crippen molar-refractivity contribution in [3.63, 3.8) is 0 Å². The number of aliphatic hydroxyl groups excluding tert-OH is 1. The minimum Gasteiger partial charge on any atom is -0.396 e. The molecule has 1 fully saturated rings. The Morgan fingerprint density at radius 2 is 2.35 bits per heavy atom. The van der Waals surface area contributed by atoms with E-state index in [4.69, 9.17) is 5.11 Å². The molecule has 0 bridgehead atoms. The molecule has 1 unspecified atom stereocenters. The molecular formula is C14H19NO2. The van der Waals surface area contributed by atoms with Crippen LogP contribution in [0.1, 0.15) is 22.3 Å². The van der Waals surface area contributed by atoms with E-state index in [0.29, 0.717) is 12.5 Å². The maximum Gasteiger partial charge on any atom is 0.176 e. The van der Waals surface area contributed by atoms with Crippen molar-refractivity contribution in [2.45, 2.75) is 13.3 Å². The Balaban J connectivity index is 1.94. The molecule has 1 aromatic carbocycles. The largest absolute Gasteiger partial charge is 0.396 e. The van der Waals surface area contributed by atoms with Gasteiger partial charge in [0.2, 0.25) is 0 Å². The summed E-state index contributed by atoms with van der Waals surface area (Å²) in [7, 11) is 0. The Kier molecular flexibility index (Phi) is 3.92. The van der Waals surface area contributed by atoms with E-state index in [1.54, 1.807) is 0 Å². The van der Waals surface area contributed by atoms with Gasteiger partial charge in [0.25, 0.3) is 0 Å². The summed E-state index contributed by atoms with van der Waals surface area (Å²) in [6.45, 7) is 4.46. The van der Waals surface area contributed by atoms with E-state index in [9.17, 15) is 4.79 Å². The van der Waals surface area contributed by atoms with E-state index in [1.807, 2.05) is 31.2 Å². The normalized spacial score (nSPS) is 20.7. The Labute approximate surface area is 102 Å². The summed E-state index contributed by atoms with van der Waals surface area (Å²) in [6.07, 6.45) is 0.998. The lowest BCUT2D eigenvalue weighted by Crippen LogP contribution is -2.28. The summed E-state index contributed by atoms with van der Waals surface area (Å²) in [5.41, 5.74) is 1.91. The number of ketones is 1. The predicted octanol–water partition coefficient (Wildman–Crippen LogP) is 1.49. The Morgan fingerprint density at radius 1 is 1.53 bits per heavy atom. The number of benzene rings is 1. The second kappa shape index (κ2) is 5.43. The van der Waals surface area contributed by atoms with Crippen molar-refractivity contribution >= 4 is 5.78 Å². The number of aliphatic hydroxyl groups is 1. The van der Waals surface area contributed by atoms with Crippen LogP contribution in [0, 0.1) is 12.8 Å². The van der Waals surface area contributed by atoms with Gasteiger partial charge in [0.1, 0.15) is 0 Å². The molecule has 2 rings (SSSR count). The van der Waals surface area contributed by atoms with Gasteiger partial charge in [0.15, 0.2) is 5.78 Å². The summed E-state index contributed by atoms with van der Waals surface area (Å²) < 4.78 is 0. The standard InChI is InChI=1S/C14H19NO2/c1-11-3-2-4-13(7-11)14(17)9-15-6-5-12(8-15)10-16/h2-4,7,12,16H,5-6,8-10H2,1H3. The van der Waals surface area contributed by atoms with Crippen LogP contribution < -0.4 is 0 Å². The molecule has 1 saturated heterocycles. The van der Waals surface area contributed by atoms with Crippen molar-refractivity contribution < 1.29 is 9.90 Å². The number of carbonyl (C=O) groups excluding carboxylic acids is 1. The van der Waals surface area contributed by atoms with Crippen molar-refractivity contribution in [2.24, 2.45) is 5.92 Å². The quantitative estimate of drug-likeness (QED) is 0.801. The monoisotopic (exact) mass is 233 g/mol. The summed E-state index contributed by atoms with van der Waals surface area (Å²) in [4.78, 5) is 14.2. The number of carbonyl (C=O) groups is 1. The molecule has 0 radical (unpaired) electrons. The lowest BCUT2D eigenvalue weighted by atomic mass is 10.1. The first kappa shape index (κ1) is 12.3. The molecule has 3 heteroatoms. The Morgan fingerprint density at radius 3 is 3.00 bits per heavy atom. The van der Waals surface area contributed by atoms with Crippen LogP contribution in [-0.2, 0) is 0 Å². The number of hydrogen-bond acceptors (Lipinski definition) is 3. The van der Waals surface area contributed by atoms with Crippen molar-refractivity contribution in [1.82, 2.24) is 4.90 Å². The van der Waals surface area contributed by atoms with Crippen LogP contribution in [0.5, 0.6) is 0 Å². The minimum absolute atomic E-state index is 0.173. The van der Waals surface area contributed by atoms with Crippen LogP contribution in [0.2, 0.25) is 0 Å². The van der Waals surface area contributed by atoms with Crippen LogP contribution in [0.25, 0.3) is 0 Å². The number of Topliss-reactive ketones (excluding diaryl/α,β-unsaturated/α-hetero) is 1. The third-order valence-electron chi connectivity index (χ3n) is 3.34. The van der Waals surface area contributed by atoms with Crippen LogP contribution in [0.4, 0.5) is 0 Å². The molecule has 0 aliphatic carbocycles. The van der Waals surface area contributed by atoms with Crippen molar-refractivity contribution in [3.05, 3.63) is 35.4 Å². The maximum atomic E-state index is 12.0. The van der Waals surface area contributed by atoms with Gasteiger partial charge in [-0.3, -0.25) is 9.69 Å². The van der Waals surface area contributed by atoms with Crippen LogP contribution in [0.15, 0.2) is 24.3 Å². The van der Waals surface area contributed by atoms with Gasteiger partial charge in [-0.05, 0) is 31.9 Å². The van der Waals surface area contributed by atoms with Crippen LogP contribution >= 0.6 is 0 Å². The lowest BCUT2D eigenvalue weighted by Gasteiger charge is -2.14. The molecule has 1 atom stereocenters. The lowest BCUT2D eigenvalue weighted by molar-refractivity contribution is 0.0940. The van der Waals surface area contributed by atoms with Gasteiger partial charge >= 0.3 is 0 Å². The summed E-state index contributed by atoms with van der Waals surface area (Å²) >= 11 is 0. The third-order valence-corrected chi connectivity index (χ3v) is 3.34. The number of rotatable bonds is 4. The average molecular weight is 233 g/mol. The van der Waals surface area contributed by atoms with E-state index in [-0.39, 0.29) is 12.4 Å². The Hall–Kier alpha value is -1.19. The van der Waals surface area contributed by atoms with Crippen molar-refractivity contribution in [3.8, 4) is 0 Å². The van der Waals surface area contributed by atoms with E-state index in [1.165, 1.54) is 0 Å². The van der Waals surface area contributed by atoms with Gasteiger partial charge < -0.3 is 5.11 Å². The first-order valence-electron chi connectivity index (χ1n) is 6.12. The molecule has 1 aliphatic heterocycles. The van der Waals surface area contributed by atoms with E-state index in [2.05, 4.69) is 4.90 Å². The average Bonchev–Trinajstić information content (AvgIpc) is 2.77. The fourth-order valence-electron chi connectivity index (χ4n) is 2.32. The second-order valence-corrected chi connectivity index (χ2v) is 4.87. The highest BCUT2D eigenvalue weighted by molar-refractivity contribution is 5.97. The predicted molar refractivity (Wildman–Crippen MR) is 67.1 cm³/mol. The fourth-order valence-corrected chi connectivity index (χ4v) is 2.32. The van der Waals surface area contributed by atoms with Gasteiger partial charge in [0.05, 0.1) is 6.54 Å². The molecule has 1 aromatic rings. The molecule has 92 valence electrons. The number of hydrogen-bond donors (Lipinski definition) is 1. The summed E-state index contributed by atoms with van der Waals surface area (Å²) in [5.74, 6) is 0.521. The first-order chi connectivity index (χ1) is 8.19. The van der Waals surface area contributed by atoms with Gasteiger partial charge in [-0.2, -0.15) is 0 Å². The highest BCUT2D eigenvalue weighted by Gasteiger charge is 2.23. The zero-order valence-corrected chi connectivity index (χ0v) is 10.2. The van der Waals surface area contributed by atoms with Gasteiger partial charge in [-0.1, -0.05) is 23.8 Å². The van der Waals surface area contributed by atoms with Gasteiger partial charge in [0, 0.05) is 18.7 Å². The molecule has 0 aromatic heterocycles. The highest BCUT2D eigenvalue weighted by Crippen LogP contribution is 2.16. The van der Waals surface area contributed by atoms with E-state index in [0.717, 1.165) is 30.6 Å². The van der Waals surface area contributed by atoms with Crippen molar-refractivity contribution in [1.29, 1.82) is 0 Å². The molecule has 17 heavy (non-hydrogen) atoms. The maximum absolute atomic E-state index is 12.0. The molecule has 3 nitrogen and oxygen atoms in total. The molecule has 1 N–H and O–H groups in total. The molecule has 1 heterocycles. The fraction of sp³-hybridized carbons (Fsp3) is 0.500. The topological polar surface area (TPSA) is 40.5 Å². The zero-order valence-electron chi connectivity index (χ0n) is 10.2. The molecule has 0 saturated carbocycles. The number of likely N-dealkylation sites (tertiary alicyclic amines) is 1. The van der Waals surface area contributed by atoms with Gasteiger partial charge in [-0.25, -0.2) is 0 Å². The minimum atomic E-state index is 0.173. The molecule has 1 aliphatic rings. The molecular weight excluding hydrogens is 214 g/mol. The summed E-state index contributed by atoms with van der Waals surface area (Å²) in [6, 6.07) is 7.72. The van der Waals surface area contributed by atoms with Crippen LogP contribution in [0.3, 0.4) is 0 Å². The first-order valence-corrected chi connectivity index (χ1v) is 6.12. The zero-order chi connectivity index (χ0) is 12.3. The second-order valence-electron chi connectivity index (χ2n) is 4.87. The molecule has 0 spiro atoms. The number of nitrogens with zero attached hydrogens (tertiary/aromatic N) is 1. The smallest absolute Gasteiger partial charge is 0.176 e. The highest BCUT2D eigenvalue weighted by atomic mass is 16.3. The number of aryl methyl sites for hydroxylation is 1. The molecule has 0 amide bonds. The third kappa shape index (κ3) is 3.14. The van der Waals surface area contributed by atoms with Crippen LogP contribution in [-0.4, -0.2) is 42.0 Å². The van der Waals surface area contributed by atoms with E-state index < -0.39 is 0 Å². The summed E-state index contributed by atoms with van der Waals surface area (Å²) in [5, 5.41) is 9.06. The Bertz CT molecular complexity index is 403.